The molecule has 2 rings (SSSR count). The molecule has 0 unspecified atom stereocenters. The van der Waals surface area contributed by atoms with E-state index in [1.807, 2.05) is 6.07 Å². The summed E-state index contributed by atoms with van der Waals surface area (Å²) in [6, 6.07) is 6.86. The van der Waals surface area contributed by atoms with E-state index < -0.39 is 0 Å². The molecule has 1 aromatic carbocycles. The van der Waals surface area contributed by atoms with Crippen LogP contribution in [0.15, 0.2) is 41.1 Å². The first-order valence-electron chi connectivity index (χ1n) is 5.35. The summed E-state index contributed by atoms with van der Waals surface area (Å²) in [7, 11) is 0. The predicted molar refractivity (Wildman–Crippen MR) is 71.0 cm³/mol. The van der Waals surface area contributed by atoms with Crippen LogP contribution in [0, 0.1) is 5.82 Å². The molecule has 0 saturated carbocycles. The third-order valence-corrected chi connectivity index (χ3v) is 2.99. The van der Waals surface area contributed by atoms with Crippen molar-refractivity contribution in [2.24, 2.45) is 0 Å². The van der Waals surface area contributed by atoms with Gasteiger partial charge in [-0.15, -0.1) is 0 Å². The minimum Gasteiger partial charge on any atom is -0.352 e. The molecule has 4 heteroatoms. The standard InChI is InChI=1S/C13H12BrFN2/c1-2-9-5-6-16-8-13(9)17-12-4-3-10(14)7-11(12)15/h3-8,17H,2H2,1H3. The van der Waals surface area contributed by atoms with Gasteiger partial charge in [0.25, 0.3) is 0 Å². The number of benzene rings is 1. The molecule has 0 atom stereocenters. The van der Waals surface area contributed by atoms with Crippen LogP contribution in [0.3, 0.4) is 0 Å². The minimum atomic E-state index is -0.287. The number of nitrogens with one attached hydrogen (secondary N) is 1. The van der Waals surface area contributed by atoms with Crippen molar-refractivity contribution in [3.8, 4) is 0 Å². The SMILES string of the molecule is CCc1ccncc1Nc1ccc(Br)cc1F. The predicted octanol–water partition coefficient (Wildman–Crippen LogP) is 4.29. The maximum atomic E-state index is 13.7. The van der Waals surface area contributed by atoms with Gasteiger partial charge in [-0.3, -0.25) is 4.98 Å². The number of anilines is 2. The van der Waals surface area contributed by atoms with Gasteiger partial charge in [-0.2, -0.15) is 0 Å². The van der Waals surface area contributed by atoms with Crippen LogP contribution >= 0.6 is 15.9 Å². The largest absolute Gasteiger partial charge is 0.352 e. The lowest BCUT2D eigenvalue weighted by atomic mass is 10.1. The fourth-order valence-electron chi connectivity index (χ4n) is 1.58. The first kappa shape index (κ1) is 12.0. The number of hydrogen-bond donors (Lipinski definition) is 1. The smallest absolute Gasteiger partial charge is 0.147 e. The van der Waals surface area contributed by atoms with Crippen LogP contribution in [0.5, 0.6) is 0 Å². The van der Waals surface area contributed by atoms with Crippen molar-refractivity contribution in [2.75, 3.05) is 5.32 Å². The van der Waals surface area contributed by atoms with E-state index in [4.69, 9.17) is 0 Å². The number of aryl methyl sites for hydroxylation is 1. The summed E-state index contributed by atoms with van der Waals surface area (Å²) < 4.78 is 14.4. The number of rotatable bonds is 3. The van der Waals surface area contributed by atoms with E-state index in [2.05, 4.69) is 33.2 Å². The number of aromatic nitrogens is 1. The van der Waals surface area contributed by atoms with Crippen molar-refractivity contribution in [3.05, 3.63) is 52.5 Å². The normalized spacial score (nSPS) is 10.3. The highest BCUT2D eigenvalue weighted by atomic mass is 79.9. The van der Waals surface area contributed by atoms with E-state index in [1.54, 1.807) is 24.5 Å². The number of pyridine rings is 1. The molecule has 0 aliphatic heterocycles. The molecule has 0 radical (unpaired) electrons. The molecule has 0 saturated heterocycles. The van der Waals surface area contributed by atoms with Gasteiger partial charge in [0.2, 0.25) is 0 Å². The Hall–Kier alpha value is -1.42. The van der Waals surface area contributed by atoms with E-state index in [-0.39, 0.29) is 5.82 Å². The van der Waals surface area contributed by atoms with E-state index in [9.17, 15) is 4.39 Å². The average Bonchev–Trinajstić information content (AvgIpc) is 2.33. The van der Waals surface area contributed by atoms with Crippen LogP contribution in [0.1, 0.15) is 12.5 Å². The number of halogens is 2. The first-order chi connectivity index (χ1) is 8.20. The molecule has 0 fully saturated rings. The molecule has 1 N–H and O–H groups in total. The van der Waals surface area contributed by atoms with E-state index >= 15 is 0 Å². The Labute approximate surface area is 108 Å². The molecule has 17 heavy (non-hydrogen) atoms. The Morgan fingerprint density at radius 1 is 1.29 bits per heavy atom. The molecule has 0 amide bonds. The number of nitrogens with zero attached hydrogens (tertiary/aromatic N) is 1. The maximum absolute atomic E-state index is 13.7. The highest BCUT2D eigenvalue weighted by molar-refractivity contribution is 9.10. The van der Waals surface area contributed by atoms with Crippen molar-refractivity contribution in [1.82, 2.24) is 4.98 Å². The van der Waals surface area contributed by atoms with E-state index in [1.165, 1.54) is 6.07 Å². The van der Waals surface area contributed by atoms with Crippen LogP contribution in [0.2, 0.25) is 0 Å². The van der Waals surface area contributed by atoms with Gasteiger partial charge in [-0.25, -0.2) is 4.39 Å². The van der Waals surface area contributed by atoms with Crippen LogP contribution in [-0.4, -0.2) is 4.98 Å². The third kappa shape index (κ3) is 2.82. The molecule has 1 heterocycles. The van der Waals surface area contributed by atoms with Crippen LogP contribution in [0.4, 0.5) is 15.8 Å². The van der Waals surface area contributed by atoms with E-state index in [0.29, 0.717) is 5.69 Å². The van der Waals surface area contributed by atoms with Crippen molar-refractivity contribution < 1.29 is 4.39 Å². The van der Waals surface area contributed by atoms with Gasteiger partial charge in [0.1, 0.15) is 5.82 Å². The zero-order valence-electron chi connectivity index (χ0n) is 9.37. The van der Waals surface area contributed by atoms with Crippen molar-refractivity contribution >= 4 is 27.3 Å². The van der Waals surface area contributed by atoms with Gasteiger partial charge in [0.15, 0.2) is 0 Å². The molecular formula is C13H12BrFN2. The Morgan fingerprint density at radius 2 is 2.12 bits per heavy atom. The summed E-state index contributed by atoms with van der Waals surface area (Å²) in [5, 5.41) is 3.06. The molecule has 2 aromatic rings. The van der Waals surface area contributed by atoms with Crippen LogP contribution < -0.4 is 5.32 Å². The van der Waals surface area contributed by atoms with Gasteiger partial charge in [0, 0.05) is 10.7 Å². The Kier molecular flexibility index (Phi) is 3.74. The monoisotopic (exact) mass is 294 g/mol. The van der Waals surface area contributed by atoms with Gasteiger partial charge < -0.3 is 5.32 Å². The molecule has 0 aliphatic rings. The topological polar surface area (TPSA) is 24.9 Å². The molecule has 0 aliphatic carbocycles. The third-order valence-electron chi connectivity index (χ3n) is 2.49. The summed E-state index contributed by atoms with van der Waals surface area (Å²) in [6.07, 6.45) is 4.32. The summed E-state index contributed by atoms with van der Waals surface area (Å²) in [6.45, 7) is 2.05. The summed E-state index contributed by atoms with van der Waals surface area (Å²) in [5.41, 5.74) is 2.41. The zero-order chi connectivity index (χ0) is 12.3. The second-order valence-corrected chi connectivity index (χ2v) is 4.55. The van der Waals surface area contributed by atoms with Crippen LogP contribution in [-0.2, 0) is 6.42 Å². The quantitative estimate of drug-likeness (QED) is 0.913. The zero-order valence-corrected chi connectivity index (χ0v) is 11.0. The Morgan fingerprint density at radius 3 is 2.82 bits per heavy atom. The molecule has 88 valence electrons. The summed E-state index contributed by atoms with van der Waals surface area (Å²) in [5.74, 6) is -0.287. The Balaban J connectivity index is 2.31. The fourth-order valence-corrected chi connectivity index (χ4v) is 1.91. The van der Waals surface area contributed by atoms with Gasteiger partial charge >= 0.3 is 0 Å². The van der Waals surface area contributed by atoms with Crippen LogP contribution in [0.25, 0.3) is 0 Å². The van der Waals surface area contributed by atoms with Gasteiger partial charge in [-0.1, -0.05) is 22.9 Å². The summed E-state index contributed by atoms with van der Waals surface area (Å²) in [4.78, 5) is 4.04. The molecule has 0 spiro atoms. The molecule has 2 nitrogen and oxygen atoms in total. The Bertz CT molecular complexity index is 529. The first-order valence-corrected chi connectivity index (χ1v) is 6.15. The van der Waals surface area contributed by atoms with Crippen molar-refractivity contribution in [2.45, 2.75) is 13.3 Å². The average molecular weight is 295 g/mol. The lowest BCUT2D eigenvalue weighted by Crippen LogP contribution is -1.98. The van der Waals surface area contributed by atoms with Crippen molar-refractivity contribution in [1.29, 1.82) is 0 Å². The minimum absolute atomic E-state index is 0.287. The summed E-state index contributed by atoms with van der Waals surface area (Å²) >= 11 is 3.23. The van der Waals surface area contributed by atoms with Gasteiger partial charge in [0.05, 0.1) is 17.6 Å². The highest BCUT2D eigenvalue weighted by Crippen LogP contribution is 2.24. The highest BCUT2D eigenvalue weighted by Gasteiger charge is 2.05. The second kappa shape index (κ2) is 5.27. The maximum Gasteiger partial charge on any atom is 0.147 e. The second-order valence-electron chi connectivity index (χ2n) is 3.64. The van der Waals surface area contributed by atoms with Crippen molar-refractivity contribution in [3.63, 3.8) is 0 Å². The molecule has 0 bridgehead atoms. The van der Waals surface area contributed by atoms with Gasteiger partial charge in [-0.05, 0) is 36.2 Å². The van der Waals surface area contributed by atoms with E-state index in [0.717, 1.165) is 22.1 Å². The fraction of sp³-hybridized carbons (Fsp3) is 0.154. The number of hydrogen-bond acceptors (Lipinski definition) is 2. The lowest BCUT2D eigenvalue weighted by molar-refractivity contribution is 0.631. The molecule has 1 aromatic heterocycles. The molecular weight excluding hydrogens is 283 g/mol. The lowest BCUT2D eigenvalue weighted by Gasteiger charge is -2.11.